The maximum absolute atomic E-state index is 5.63. The molecule has 0 aliphatic heterocycles. The lowest BCUT2D eigenvalue weighted by Gasteiger charge is -2.09. The Kier molecular flexibility index (Phi) is 4.02. The molecule has 0 saturated heterocycles. The van der Waals surface area contributed by atoms with Gasteiger partial charge < -0.3 is 10.1 Å². The molecule has 0 radical (unpaired) electrons. The molecule has 1 aliphatic carbocycles. The smallest absolute Gasteiger partial charge is 0.120 e. The first kappa shape index (κ1) is 11.7. The molecular formula is C13H16BrNO. The molecule has 0 amide bonds. The van der Waals surface area contributed by atoms with Crippen LogP contribution in [0, 0.1) is 0 Å². The highest BCUT2D eigenvalue weighted by molar-refractivity contribution is 9.10. The number of hydrogen-bond donors (Lipinski definition) is 1. The number of ether oxygens (including phenoxy) is 1. The molecule has 3 heteroatoms. The molecule has 0 bridgehead atoms. The zero-order chi connectivity index (χ0) is 11.4. The molecule has 0 atom stereocenters. The van der Waals surface area contributed by atoms with Crippen LogP contribution in [0.3, 0.4) is 0 Å². The fourth-order valence-corrected chi connectivity index (χ4v) is 1.75. The summed E-state index contributed by atoms with van der Waals surface area (Å²) in [6.45, 7) is 5.43. The SMILES string of the molecule is C=C(CNC1CC1)COc1cccc(Br)c1. The molecule has 0 spiro atoms. The largest absolute Gasteiger partial charge is 0.489 e. The molecule has 1 aromatic carbocycles. The van der Waals surface area contributed by atoms with E-state index in [2.05, 4.69) is 27.8 Å². The number of nitrogens with one attached hydrogen (secondary N) is 1. The molecule has 1 saturated carbocycles. The Hall–Kier alpha value is -0.800. The van der Waals surface area contributed by atoms with Gasteiger partial charge in [-0.1, -0.05) is 28.6 Å². The van der Waals surface area contributed by atoms with E-state index in [1.54, 1.807) is 0 Å². The molecule has 1 aromatic rings. The quantitative estimate of drug-likeness (QED) is 0.809. The molecule has 1 N–H and O–H groups in total. The van der Waals surface area contributed by atoms with E-state index in [1.807, 2.05) is 24.3 Å². The average Bonchev–Trinajstić information content (AvgIpc) is 3.07. The molecule has 0 unspecified atom stereocenters. The first-order valence-corrected chi connectivity index (χ1v) is 6.32. The Morgan fingerprint density at radius 3 is 3.00 bits per heavy atom. The van der Waals surface area contributed by atoms with Crippen molar-refractivity contribution in [3.8, 4) is 5.75 Å². The number of rotatable bonds is 6. The molecule has 0 heterocycles. The van der Waals surface area contributed by atoms with Crippen LogP contribution < -0.4 is 10.1 Å². The third-order valence-corrected chi connectivity index (χ3v) is 2.95. The second-order valence-corrected chi connectivity index (χ2v) is 5.07. The molecule has 1 fully saturated rings. The van der Waals surface area contributed by atoms with Gasteiger partial charge in [-0.25, -0.2) is 0 Å². The summed E-state index contributed by atoms with van der Waals surface area (Å²) in [6.07, 6.45) is 2.61. The maximum Gasteiger partial charge on any atom is 0.120 e. The normalized spacial score (nSPS) is 14.8. The van der Waals surface area contributed by atoms with Crippen molar-refractivity contribution in [3.63, 3.8) is 0 Å². The highest BCUT2D eigenvalue weighted by atomic mass is 79.9. The van der Waals surface area contributed by atoms with Gasteiger partial charge in [0.15, 0.2) is 0 Å². The van der Waals surface area contributed by atoms with Gasteiger partial charge in [0.25, 0.3) is 0 Å². The standard InChI is InChI=1S/C13H16BrNO/c1-10(8-15-12-5-6-12)9-16-13-4-2-3-11(14)7-13/h2-4,7,12,15H,1,5-6,8-9H2. The zero-order valence-corrected chi connectivity index (χ0v) is 10.8. The summed E-state index contributed by atoms with van der Waals surface area (Å²) in [5.41, 5.74) is 1.09. The second-order valence-electron chi connectivity index (χ2n) is 4.15. The van der Waals surface area contributed by atoms with E-state index in [0.717, 1.165) is 28.4 Å². The van der Waals surface area contributed by atoms with E-state index in [0.29, 0.717) is 6.61 Å². The predicted molar refractivity (Wildman–Crippen MR) is 69.8 cm³/mol. The third-order valence-electron chi connectivity index (χ3n) is 2.46. The van der Waals surface area contributed by atoms with Crippen LogP contribution in [0.25, 0.3) is 0 Å². The predicted octanol–water partition coefficient (Wildman–Crippen LogP) is 3.14. The van der Waals surface area contributed by atoms with E-state index in [-0.39, 0.29) is 0 Å². The number of halogens is 1. The molecule has 86 valence electrons. The van der Waals surface area contributed by atoms with E-state index in [4.69, 9.17) is 4.74 Å². The van der Waals surface area contributed by atoms with Gasteiger partial charge >= 0.3 is 0 Å². The van der Waals surface area contributed by atoms with Crippen LogP contribution in [-0.4, -0.2) is 19.2 Å². The van der Waals surface area contributed by atoms with Gasteiger partial charge in [0.2, 0.25) is 0 Å². The minimum Gasteiger partial charge on any atom is -0.489 e. The first-order chi connectivity index (χ1) is 7.74. The average molecular weight is 282 g/mol. The van der Waals surface area contributed by atoms with Crippen LogP contribution >= 0.6 is 15.9 Å². The van der Waals surface area contributed by atoms with Crippen LogP contribution in [-0.2, 0) is 0 Å². The van der Waals surface area contributed by atoms with Crippen molar-refractivity contribution in [3.05, 3.63) is 40.9 Å². The van der Waals surface area contributed by atoms with Gasteiger partial charge in [0.1, 0.15) is 12.4 Å². The van der Waals surface area contributed by atoms with Crippen molar-refractivity contribution in [1.29, 1.82) is 0 Å². The monoisotopic (exact) mass is 281 g/mol. The van der Waals surface area contributed by atoms with Crippen molar-refractivity contribution >= 4 is 15.9 Å². The van der Waals surface area contributed by atoms with Gasteiger partial charge in [0.05, 0.1) is 0 Å². The van der Waals surface area contributed by atoms with E-state index in [9.17, 15) is 0 Å². The van der Waals surface area contributed by atoms with E-state index < -0.39 is 0 Å². The summed E-state index contributed by atoms with van der Waals surface area (Å²) in [5, 5.41) is 3.42. The molecular weight excluding hydrogens is 266 g/mol. The zero-order valence-electron chi connectivity index (χ0n) is 9.21. The fraction of sp³-hybridized carbons (Fsp3) is 0.385. The summed E-state index contributed by atoms with van der Waals surface area (Å²) in [7, 11) is 0. The van der Waals surface area contributed by atoms with Crippen LogP contribution in [0.15, 0.2) is 40.9 Å². The third kappa shape index (κ3) is 3.99. The summed E-state index contributed by atoms with van der Waals surface area (Å²) in [5.74, 6) is 0.877. The Morgan fingerprint density at radius 2 is 2.31 bits per heavy atom. The summed E-state index contributed by atoms with van der Waals surface area (Å²) < 4.78 is 6.67. The molecule has 0 aromatic heterocycles. The van der Waals surface area contributed by atoms with Crippen LogP contribution in [0.4, 0.5) is 0 Å². The molecule has 2 rings (SSSR count). The Morgan fingerprint density at radius 1 is 1.50 bits per heavy atom. The maximum atomic E-state index is 5.63. The Bertz CT molecular complexity index is 374. The van der Waals surface area contributed by atoms with Gasteiger partial charge in [-0.2, -0.15) is 0 Å². The van der Waals surface area contributed by atoms with Crippen molar-refractivity contribution < 1.29 is 4.74 Å². The van der Waals surface area contributed by atoms with Crippen LogP contribution in [0.5, 0.6) is 5.75 Å². The highest BCUT2D eigenvalue weighted by Gasteiger charge is 2.19. The Labute approximate surface area is 105 Å². The van der Waals surface area contributed by atoms with Crippen LogP contribution in [0.1, 0.15) is 12.8 Å². The van der Waals surface area contributed by atoms with Gasteiger partial charge in [-0.15, -0.1) is 0 Å². The second kappa shape index (κ2) is 5.51. The lowest BCUT2D eigenvalue weighted by Crippen LogP contribution is -2.21. The van der Waals surface area contributed by atoms with Gasteiger partial charge in [0, 0.05) is 17.1 Å². The Balaban J connectivity index is 1.71. The van der Waals surface area contributed by atoms with Crippen molar-refractivity contribution in [2.45, 2.75) is 18.9 Å². The minimum atomic E-state index is 0.580. The van der Waals surface area contributed by atoms with Crippen molar-refractivity contribution in [2.24, 2.45) is 0 Å². The van der Waals surface area contributed by atoms with Gasteiger partial charge in [-0.05, 0) is 36.6 Å². The molecule has 16 heavy (non-hydrogen) atoms. The first-order valence-electron chi connectivity index (χ1n) is 5.52. The molecule has 1 aliphatic rings. The minimum absolute atomic E-state index is 0.580. The van der Waals surface area contributed by atoms with Crippen molar-refractivity contribution in [2.75, 3.05) is 13.2 Å². The van der Waals surface area contributed by atoms with E-state index in [1.165, 1.54) is 12.8 Å². The number of hydrogen-bond acceptors (Lipinski definition) is 2. The van der Waals surface area contributed by atoms with E-state index >= 15 is 0 Å². The fourth-order valence-electron chi connectivity index (χ4n) is 1.37. The molecule has 2 nitrogen and oxygen atoms in total. The summed E-state index contributed by atoms with van der Waals surface area (Å²) >= 11 is 3.41. The lowest BCUT2D eigenvalue weighted by atomic mass is 10.3. The van der Waals surface area contributed by atoms with Gasteiger partial charge in [-0.3, -0.25) is 0 Å². The number of benzene rings is 1. The topological polar surface area (TPSA) is 21.3 Å². The van der Waals surface area contributed by atoms with Crippen molar-refractivity contribution in [1.82, 2.24) is 5.32 Å². The van der Waals surface area contributed by atoms with Crippen LogP contribution in [0.2, 0.25) is 0 Å². The lowest BCUT2D eigenvalue weighted by molar-refractivity contribution is 0.348. The summed E-state index contributed by atoms with van der Waals surface area (Å²) in [6, 6.07) is 8.58. The summed E-state index contributed by atoms with van der Waals surface area (Å²) in [4.78, 5) is 0. The highest BCUT2D eigenvalue weighted by Crippen LogP contribution is 2.19.